The van der Waals surface area contributed by atoms with Gasteiger partial charge in [0.1, 0.15) is 0 Å². The summed E-state index contributed by atoms with van der Waals surface area (Å²) in [5, 5.41) is 12.9. The largest absolute Gasteiger partial charge is 0.393 e. The van der Waals surface area contributed by atoms with Gasteiger partial charge >= 0.3 is 0 Å². The Labute approximate surface area is 130 Å². The number of primary amides is 1. The van der Waals surface area contributed by atoms with Gasteiger partial charge in [-0.3, -0.25) is 4.79 Å². The van der Waals surface area contributed by atoms with Crippen LogP contribution in [0.2, 0.25) is 0 Å². The van der Waals surface area contributed by atoms with Crippen molar-refractivity contribution in [2.75, 3.05) is 5.32 Å². The molecule has 0 aromatic carbocycles. The van der Waals surface area contributed by atoms with Crippen LogP contribution in [0.3, 0.4) is 0 Å². The van der Waals surface area contributed by atoms with Crippen molar-refractivity contribution in [1.29, 1.82) is 0 Å². The smallest absolute Gasteiger partial charge is 0.252 e. The lowest BCUT2D eigenvalue weighted by Gasteiger charge is -2.27. The summed E-state index contributed by atoms with van der Waals surface area (Å²) < 4.78 is 0. The monoisotopic (exact) mass is 304 g/mol. The molecule has 0 spiro atoms. The fourth-order valence-electron chi connectivity index (χ4n) is 3.22. The number of nitrogens with two attached hydrogens (primary N) is 1. The van der Waals surface area contributed by atoms with Crippen LogP contribution in [0.25, 0.3) is 0 Å². The molecule has 0 atom stereocenters. The molecule has 0 unspecified atom stereocenters. The molecule has 0 saturated heterocycles. The Balaban J connectivity index is 1.71. The molecule has 6 nitrogen and oxygen atoms in total. The molecule has 120 valence electrons. The maximum Gasteiger partial charge on any atom is 0.252 e. The molecular formula is C16H24N4O2. The number of aliphatic hydroxyl groups is 1. The average molecular weight is 304 g/mol. The Morgan fingerprint density at radius 2 is 2.00 bits per heavy atom. The van der Waals surface area contributed by atoms with Crippen molar-refractivity contribution in [3.05, 3.63) is 17.5 Å². The third kappa shape index (κ3) is 3.55. The number of nitrogens with one attached hydrogen (secondary N) is 1. The molecule has 1 heterocycles. The lowest BCUT2D eigenvalue weighted by atomic mass is 9.81. The number of hydrogen-bond donors (Lipinski definition) is 3. The molecule has 2 saturated carbocycles. The molecule has 3 rings (SSSR count). The van der Waals surface area contributed by atoms with Gasteiger partial charge in [-0.25, -0.2) is 9.97 Å². The number of aromatic nitrogens is 2. The topological polar surface area (TPSA) is 101 Å². The maximum atomic E-state index is 11.5. The summed E-state index contributed by atoms with van der Waals surface area (Å²) in [4.78, 5) is 20.3. The molecule has 1 aromatic rings. The maximum absolute atomic E-state index is 11.5. The Morgan fingerprint density at radius 1 is 1.27 bits per heavy atom. The standard InChI is InChI=1S/C16H24N4O2/c17-15(22)13-9-18-16(19-11-4-6-12(21)7-5-11)20-14(13)8-10-2-1-3-10/h9-12,21H,1-8H2,(H2,17,22)(H,18,19,20). The normalized spacial score (nSPS) is 25.5. The van der Waals surface area contributed by atoms with Gasteiger partial charge in [-0.2, -0.15) is 0 Å². The predicted octanol–water partition coefficient (Wildman–Crippen LogP) is 1.63. The van der Waals surface area contributed by atoms with Crippen LogP contribution in [-0.4, -0.2) is 33.1 Å². The zero-order valence-corrected chi connectivity index (χ0v) is 12.8. The zero-order valence-electron chi connectivity index (χ0n) is 12.8. The van der Waals surface area contributed by atoms with E-state index in [1.165, 1.54) is 19.3 Å². The van der Waals surface area contributed by atoms with Crippen LogP contribution >= 0.6 is 0 Å². The van der Waals surface area contributed by atoms with Gasteiger partial charge in [0.25, 0.3) is 5.91 Å². The van der Waals surface area contributed by atoms with Gasteiger partial charge < -0.3 is 16.2 Å². The molecule has 4 N–H and O–H groups in total. The van der Waals surface area contributed by atoms with E-state index in [9.17, 15) is 9.90 Å². The van der Waals surface area contributed by atoms with Crippen LogP contribution in [0, 0.1) is 5.92 Å². The number of rotatable bonds is 5. The minimum Gasteiger partial charge on any atom is -0.393 e. The molecule has 2 aliphatic rings. The second kappa shape index (κ2) is 6.60. The summed E-state index contributed by atoms with van der Waals surface area (Å²) in [5.41, 5.74) is 6.64. The van der Waals surface area contributed by atoms with E-state index in [1.807, 2.05) is 0 Å². The number of amides is 1. The van der Waals surface area contributed by atoms with Crippen molar-refractivity contribution >= 4 is 11.9 Å². The number of aliphatic hydroxyl groups excluding tert-OH is 1. The highest BCUT2D eigenvalue weighted by Gasteiger charge is 2.23. The van der Waals surface area contributed by atoms with Gasteiger partial charge in [0, 0.05) is 12.2 Å². The quantitative estimate of drug-likeness (QED) is 0.767. The second-order valence-corrected chi connectivity index (χ2v) is 6.57. The van der Waals surface area contributed by atoms with Crippen molar-refractivity contribution in [1.82, 2.24) is 9.97 Å². The van der Waals surface area contributed by atoms with Crippen LogP contribution in [-0.2, 0) is 6.42 Å². The van der Waals surface area contributed by atoms with E-state index in [2.05, 4.69) is 15.3 Å². The summed E-state index contributed by atoms with van der Waals surface area (Å²) in [6.45, 7) is 0. The van der Waals surface area contributed by atoms with Crippen molar-refractivity contribution in [2.24, 2.45) is 11.7 Å². The van der Waals surface area contributed by atoms with Crippen LogP contribution in [0.15, 0.2) is 6.20 Å². The number of hydrogen-bond acceptors (Lipinski definition) is 5. The van der Waals surface area contributed by atoms with E-state index >= 15 is 0 Å². The van der Waals surface area contributed by atoms with Crippen LogP contribution in [0.5, 0.6) is 0 Å². The molecule has 0 aliphatic heterocycles. The number of nitrogens with zero attached hydrogens (tertiary/aromatic N) is 2. The highest BCUT2D eigenvalue weighted by atomic mass is 16.3. The Bertz CT molecular complexity index is 537. The first-order valence-electron chi connectivity index (χ1n) is 8.22. The van der Waals surface area contributed by atoms with Gasteiger partial charge in [-0.05, 0) is 38.0 Å². The van der Waals surface area contributed by atoms with E-state index in [1.54, 1.807) is 6.20 Å². The van der Waals surface area contributed by atoms with Gasteiger partial charge in [0.2, 0.25) is 5.95 Å². The zero-order chi connectivity index (χ0) is 15.5. The molecule has 0 bridgehead atoms. The third-order valence-corrected chi connectivity index (χ3v) is 4.87. The van der Waals surface area contributed by atoms with Gasteiger partial charge in [-0.15, -0.1) is 0 Å². The molecule has 1 aromatic heterocycles. The van der Waals surface area contributed by atoms with Crippen molar-refractivity contribution < 1.29 is 9.90 Å². The fraction of sp³-hybridized carbons (Fsp3) is 0.688. The summed E-state index contributed by atoms with van der Waals surface area (Å²) in [6, 6.07) is 0.291. The van der Waals surface area contributed by atoms with Crippen molar-refractivity contribution in [2.45, 2.75) is 63.5 Å². The Morgan fingerprint density at radius 3 is 2.59 bits per heavy atom. The van der Waals surface area contributed by atoms with Crippen molar-refractivity contribution in [3.63, 3.8) is 0 Å². The van der Waals surface area contributed by atoms with Crippen LogP contribution in [0.4, 0.5) is 5.95 Å². The van der Waals surface area contributed by atoms with Crippen LogP contribution in [0.1, 0.15) is 61.0 Å². The fourth-order valence-corrected chi connectivity index (χ4v) is 3.22. The number of anilines is 1. The molecule has 2 fully saturated rings. The third-order valence-electron chi connectivity index (χ3n) is 4.87. The first kappa shape index (κ1) is 15.2. The number of carbonyl (C=O) groups is 1. The second-order valence-electron chi connectivity index (χ2n) is 6.57. The van der Waals surface area contributed by atoms with Gasteiger partial charge in [0.15, 0.2) is 0 Å². The molecule has 2 aliphatic carbocycles. The Kier molecular flexibility index (Phi) is 4.57. The summed E-state index contributed by atoms with van der Waals surface area (Å²) >= 11 is 0. The average Bonchev–Trinajstić information content (AvgIpc) is 2.45. The van der Waals surface area contributed by atoms with E-state index in [0.29, 0.717) is 23.5 Å². The predicted molar refractivity (Wildman–Crippen MR) is 83.5 cm³/mol. The molecule has 22 heavy (non-hydrogen) atoms. The van der Waals surface area contributed by atoms with E-state index in [0.717, 1.165) is 37.8 Å². The first-order chi connectivity index (χ1) is 10.6. The van der Waals surface area contributed by atoms with E-state index in [-0.39, 0.29) is 6.10 Å². The highest BCUT2D eigenvalue weighted by Crippen LogP contribution is 2.30. The lowest BCUT2D eigenvalue weighted by Crippen LogP contribution is -2.29. The minimum absolute atomic E-state index is 0.176. The lowest BCUT2D eigenvalue weighted by molar-refractivity contribution is 0.0998. The molecule has 1 amide bonds. The van der Waals surface area contributed by atoms with E-state index in [4.69, 9.17) is 5.73 Å². The molecule has 0 radical (unpaired) electrons. The molecular weight excluding hydrogens is 280 g/mol. The Hall–Kier alpha value is -1.69. The summed E-state index contributed by atoms with van der Waals surface area (Å²) in [7, 11) is 0. The molecule has 6 heteroatoms. The van der Waals surface area contributed by atoms with E-state index < -0.39 is 5.91 Å². The van der Waals surface area contributed by atoms with Crippen LogP contribution < -0.4 is 11.1 Å². The first-order valence-corrected chi connectivity index (χ1v) is 8.22. The minimum atomic E-state index is -0.457. The highest BCUT2D eigenvalue weighted by molar-refractivity contribution is 5.93. The summed E-state index contributed by atoms with van der Waals surface area (Å²) in [5.74, 6) is 0.730. The van der Waals surface area contributed by atoms with Gasteiger partial charge in [0.05, 0.1) is 17.4 Å². The summed E-state index contributed by atoms with van der Waals surface area (Å²) in [6.07, 6.45) is 9.29. The van der Waals surface area contributed by atoms with Gasteiger partial charge in [-0.1, -0.05) is 19.3 Å². The SMILES string of the molecule is NC(=O)c1cnc(NC2CCC(O)CC2)nc1CC1CCC1. The number of carbonyl (C=O) groups excluding carboxylic acids is 1. The van der Waals surface area contributed by atoms with Crippen molar-refractivity contribution in [3.8, 4) is 0 Å².